The van der Waals surface area contributed by atoms with Crippen molar-refractivity contribution in [2.75, 3.05) is 0 Å². The molecule has 0 aromatic rings. The summed E-state index contributed by atoms with van der Waals surface area (Å²) in [6.45, 7) is 0. The van der Waals surface area contributed by atoms with Gasteiger partial charge in [0.05, 0.1) is 6.10 Å². The Balaban J connectivity index is 3.01. The number of hydrazine groups is 1. The fourth-order valence-corrected chi connectivity index (χ4v) is 1.89. The molecule has 1 aliphatic carbocycles. The summed E-state index contributed by atoms with van der Waals surface area (Å²) in [5.41, 5.74) is 0.0506. The van der Waals surface area contributed by atoms with Gasteiger partial charge in [-0.25, -0.2) is 5.84 Å². The predicted octanol–water partition coefficient (Wildman–Crippen LogP) is -1.02. The highest BCUT2D eigenvalue weighted by Gasteiger charge is 2.52. The summed E-state index contributed by atoms with van der Waals surface area (Å²) in [6.07, 6.45) is 0.633. The van der Waals surface area contributed by atoms with Crippen LogP contribution < -0.4 is 11.3 Å². The zero-order valence-corrected chi connectivity index (χ0v) is 7.69. The van der Waals surface area contributed by atoms with Crippen LogP contribution in [-0.4, -0.2) is 28.2 Å². The molecule has 1 saturated carbocycles. The van der Waals surface area contributed by atoms with Gasteiger partial charge >= 0.3 is 5.97 Å². The molecule has 6 heteroatoms. The smallest absolute Gasteiger partial charge is 0.321 e. The van der Waals surface area contributed by atoms with Crippen LogP contribution in [0.1, 0.15) is 25.7 Å². The molecular formula is C8H14N2O4. The second-order valence-electron chi connectivity index (χ2n) is 3.51. The van der Waals surface area contributed by atoms with E-state index in [0.29, 0.717) is 12.8 Å². The summed E-state index contributed by atoms with van der Waals surface area (Å²) in [7, 11) is 0. The number of carboxylic acid groups (broad SMARTS) is 1. The molecule has 0 saturated heterocycles. The summed E-state index contributed by atoms with van der Waals surface area (Å²) in [6, 6.07) is 0. The first-order chi connectivity index (χ1) is 6.55. The standard InChI is InChI=1S/C8H14N2O4/c9-10-6(12)8(7(13)14)4-2-1-3-5(8)11/h5,11H,1-4,9H2,(H,10,12)(H,13,14)/t5-,8-/m0/s1. The van der Waals surface area contributed by atoms with Gasteiger partial charge < -0.3 is 10.2 Å². The molecule has 6 nitrogen and oxygen atoms in total. The Kier molecular flexibility index (Phi) is 3.07. The second-order valence-corrected chi connectivity index (χ2v) is 3.51. The highest BCUT2D eigenvalue weighted by Crippen LogP contribution is 2.37. The van der Waals surface area contributed by atoms with Crippen LogP contribution in [0.2, 0.25) is 0 Å². The minimum atomic E-state index is -1.76. The van der Waals surface area contributed by atoms with E-state index in [-0.39, 0.29) is 6.42 Å². The van der Waals surface area contributed by atoms with E-state index in [2.05, 4.69) is 0 Å². The van der Waals surface area contributed by atoms with Crippen molar-refractivity contribution in [1.82, 2.24) is 5.43 Å². The fraction of sp³-hybridized carbons (Fsp3) is 0.750. The van der Waals surface area contributed by atoms with E-state index in [9.17, 15) is 14.7 Å². The van der Waals surface area contributed by atoms with E-state index in [4.69, 9.17) is 10.9 Å². The number of carboxylic acids is 1. The first-order valence-corrected chi connectivity index (χ1v) is 4.48. The minimum Gasteiger partial charge on any atom is -0.480 e. The van der Waals surface area contributed by atoms with E-state index in [1.165, 1.54) is 0 Å². The number of nitrogens with one attached hydrogen (secondary N) is 1. The summed E-state index contributed by atoms with van der Waals surface area (Å²) < 4.78 is 0. The Morgan fingerprint density at radius 3 is 2.50 bits per heavy atom. The van der Waals surface area contributed by atoms with Crippen molar-refractivity contribution in [2.45, 2.75) is 31.8 Å². The van der Waals surface area contributed by atoms with Gasteiger partial charge in [0.15, 0.2) is 5.41 Å². The molecule has 1 amide bonds. The molecule has 5 N–H and O–H groups in total. The van der Waals surface area contributed by atoms with Crippen LogP contribution in [0, 0.1) is 5.41 Å². The van der Waals surface area contributed by atoms with Crippen molar-refractivity contribution < 1.29 is 19.8 Å². The number of hydrogen-bond acceptors (Lipinski definition) is 4. The topological polar surface area (TPSA) is 113 Å². The third kappa shape index (κ3) is 1.46. The summed E-state index contributed by atoms with van der Waals surface area (Å²) >= 11 is 0. The zero-order valence-electron chi connectivity index (χ0n) is 7.69. The molecule has 14 heavy (non-hydrogen) atoms. The Labute approximate surface area is 81.1 Å². The number of aliphatic carboxylic acids is 1. The minimum absolute atomic E-state index is 0.131. The van der Waals surface area contributed by atoms with Crippen molar-refractivity contribution >= 4 is 11.9 Å². The van der Waals surface area contributed by atoms with Gasteiger partial charge in [-0.3, -0.25) is 15.0 Å². The molecule has 0 radical (unpaired) electrons. The molecular weight excluding hydrogens is 188 g/mol. The normalized spacial score (nSPS) is 32.3. The van der Waals surface area contributed by atoms with Gasteiger partial charge in [-0.05, 0) is 12.8 Å². The van der Waals surface area contributed by atoms with Gasteiger partial charge in [0.1, 0.15) is 0 Å². The summed E-state index contributed by atoms with van der Waals surface area (Å²) in [4.78, 5) is 22.4. The Bertz CT molecular complexity index is 256. The number of rotatable bonds is 2. The molecule has 0 aromatic carbocycles. The molecule has 0 aliphatic heterocycles. The molecule has 0 heterocycles. The van der Waals surface area contributed by atoms with Crippen LogP contribution in [-0.2, 0) is 9.59 Å². The van der Waals surface area contributed by atoms with Crippen molar-refractivity contribution in [3.8, 4) is 0 Å². The number of carbonyl (C=O) groups excluding carboxylic acids is 1. The van der Waals surface area contributed by atoms with Gasteiger partial charge in [-0.1, -0.05) is 12.8 Å². The molecule has 1 aliphatic rings. The van der Waals surface area contributed by atoms with Crippen LogP contribution in [0.3, 0.4) is 0 Å². The maximum Gasteiger partial charge on any atom is 0.321 e. The molecule has 0 spiro atoms. The van der Waals surface area contributed by atoms with Crippen molar-refractivity contribution in [3.63, 3.8) is 0 Å². The Morgan fingerprint density at radius 2 is 2.07 bits per heavy atom. The zero-order chi connectivity index (χ0) is 10.8. The average molecular weight is 202 g/mol. The van der Waals surface area contributed by atoms with E-state index in [1.54, 1.807) is 0 Å². The van der Waals surface area contributed by atoms with Gasteiger partial charge in [0.25, 0.3) is 5.91 Å². The largest absolute Gasteiger partial charge is 0.480 e. The van der Waals surface area contributed by atoms with E-state index < -0.39 is 23.4 Å². The number of amides is 1. The van der Waals surface area contributed by atoms with Gasteiger partial charge in [0, 0.05) is 0 Å². The third-order valence-electron chi connectivity index (χ3n) is 2.79. The highest BCUT2D eigenvalue weighted by atomic mass is 16.4. The lowest BCUT2D eigenvalue weighted by molar-refractivity contribution is -0.167. The Hall–Kier alpha value is -1.14. The average Bonchev–Trinajstić information content (AvgIpc) is 2.17. The van der Waals surface area contributed by atoms with Crippen molar-refractivity contribution in [2.24, 2.45) is 11.3 Å². The molecule has 0 aromatic heterocycles. The monoisotopic (exact) mass is 202 g/mol. The van der Waals surface area contributed by atoms with E-state index in [1.807, 2.05) is 5.43 Å². The van der Waals surface area contributed by atoms with Crippen LogP contribution in [0.4, 0.5) is 0 Å². The molecule has 1 rings (SSSR count). The van der Waals surface area contributed by atoms with Crippen LogP contribution in [0.15, 0.2) is 0 Å². The fourth-order valence-electron chi connectivity index (χ4n) is 1.89. The first-order valence-electron chi connectivity index (χ1n) is 4.48. The van der Waals surface area contributed by atoms with Crippen LogP contribution in [0.5, 0.6) is 0 Å². The predicted molar refractivity (Wildman–Crippen MR) is 46.9 cm³/mol. The van der Waals surface area contributed by atoms with Gasteiger partial charge in [0.2, 0.25) is 0 Å². The Morgan fingerprint density at radius 1 is 1.43 bits per heavy atom. The van der Waals surface area contributed by atoms with Crippen molar-refractivity contribution in [3.05, 3.63) is 0 Å². The third-order valence-corrected chi connectivity index (χ3v) is 2.79. The maximum absolute atomic E-state index is 11.4. The first kappa shape index (κ1) is 10.9. The van der Waals surface area contributed by atoms with Crippen LogP contribution in [0.25, 0.3) is 0 Å². The molecule has 1 fully saturated rings. The second kappa shape index (κ2) is 3.93. The SMILES string of the molecule is NNC(=O)[C@]1(C(=O)O)CCCC[C@@H]1O. The number of aliphatic hydroxyl groups is 1. The van der Waals surface area contributed by atoms with Crippen molar-refractivity contribution in [1.29, 1.82) is 0 Å². The molecule has 0 bridgehead atoms. The lowest BCUT2D eigenvalue weighted by atomic mass is 9.71. The number of nitrogens with two attached hydrogens (primary N) is 1. The van der Waals surface area contributed by atoms with Crippen LogP contribution >= 0.6 is 0 Å². The molecule has 2 atom stereocenters. The van der Waals surface area contributed by atoms with E-state index in [0.717, 1.165) is 6.42 Å². The lowest BCUT2D eigenvalue weighted by Gasteiger charge is -2.35. The highest BCUT2D eigenvalue weighted by molar-refractivity contribution is 6.02. The van der Waals surface area contributed by atoms with Gasteiger partial charge in [-0.2, -0.15) is 0 Å². The quantitative estimate of drug-likeness (QED) is 0.198. The number of carbonyl (C=O) groups is 2. The maximum atomic E-state index is 11.4. The summed E-state index contributed by atoms with van der Waals surface area (Å²) in [5, 5.41) is 18.6. The molecule has 0 unspecified atom stereocenters. The lowest BCUT2D eigenvalue weighted by Crippen LogP contribution is -2.56. The summed E-state index contributed by atoms with van der Waals surface area (Å²) in [5.74, 6) is 2.78. The van der Waals surface area contributed by atoms with E-state index >= 15 is 0 Å². The molecule has 80 valence electrons. The number of hydrogen-bond donors (Lipinski definition) is 4. The van der Waals surface area contributed by atoms with Gasteiger partial charge in [-0.15, -0.1) is 0 Å². The number of aliphatic hydroxyl groups excluding tert-OH is 1.